The number of hydrogen-bond donors (Lipinski definition) is 1. The molecule has 1 N–H and O–H groups in total. The first-order valence-electron chi connectivity index (χ1n) is 6.63. The molecule has 3 nitrogen and oxygen atoms in total. The van der Waals surface area contributed by atoms with Gasteiger partial charge in [-0.2, -0.15) is 0 Å². The summed E-state index contributed by atoms with van der Waals surface area (Å²) in [6.07, 6.45) is 2.23. The van der Waals surface area contributed by atoms with Crippen LogP contribution in [0.1, 0.15) is 37.4 Å². The van der Waals surface area contributed by atoms with Gasteiger partial charge in [0.25, 0.3) is 5.91 Å². The predicted octanol–water partition coefficient (Wildman–Crippen LogP) is 2.22. The Morgan fingerprint density at radius 3 is 2.89 bits per heavy atom. The Morgan fingerprint density at radius 2 is 2.17 bits per heavy atom. The molecule has 1 aliphatic carbocycles. The van der Waals surface area contributed by atoms with E-state index in [1.807, 2.05) is 13.0 Å². The molecule has 0 bridgehead atoms. The van der Waals surface area contributed by atoms with Crippen LogP contribution in [-0.4, -0.2) is 18.1 Å². The zero-order valence-electron chi connectivity index (χ0n) is 10.9. The van der Waals surface area contributed by atoms with Crippen LogP contribution in [0.25, 0.3) is 0 Å². The molecule has 18 heavy (non-hydrogen) atoms. The van der Waals surface area contributed by atoms with Gasteiger partial charge in [-0.1, -0.05) is 31.2 Å². The van der Waals surface area contributed by atoms with Crippen molar-refractivity contribution in [2.75, 3.05) is 6.61 Å². The van der Waals surface area contributed by atoms with Crippen LogP contribution in [-0.2, 0) is 16.0 Å². The number of aryl methyl sites for hydroxylation is 1. The lowest BCUT2D eigenvalue weighted by Gasteiger charge is -2.32. The topological polar surface area (TPSA) is 41.6 Å². The Balaban J connectivity index is 1.84. The van der Waals surface area contributed by atoms with Gasteiger partial charge in [-0.3, -0.25) is 4.79 Å². The van der Waals surface area contributed by atoms with Crippen molar-refractivity contribution < 1.29 is 9.53 Å². The molecule has 1 saturated heterocycles. The zero-order valence-corrected chi connectivity index (χ0v) is 10.9. The Hall–Kier alpha value is -1.35. The van der Waals surface area contributed by atoms with Crippen molar-refractivity contribution >= 4 is 5.91 Å². The van der Waals surface area contributed by atoms with Gasteiger partial charge in [-0.15, -0.1) is 0 Å². The maximum atomic E-state index is 12.1. The lowest BCUT2D eigenvalue weighted by atomic mass is 9.80. The van der Waals surface area contributed by atoms with E-state index < -0.39 is 5.60 Å². The minimum absolute atomic E-state index is 0.0241. The largest absolute Gasteiger partial charge is 0.359 e. The summed E-state index contributed by atoms with van der Waals surface area (Å²) in [5.74, 6) is 0.502. The first-order valence-corrected chi connectivity index (χ1v) is 6.63. The molecule has 2 aliphatic rings. The van der Waals surface area contributed by atoms with Crippen molar-refractivity contribution in [3.05, 3.63) is 35.4 Å². The highest BCUT2D eigenvalue weighted by Gasteiger charge is 2.48. The number of hydrogen-bond acceptors (Lipinski definition) is 2. The second-order valence-electron chi connectivity index (χ2n) is 5.69. The summed E-state index contributed by atoms with van der Waals surface area (Å²) in [6.45, 7) is 4.60. The summed E-state index contributed by atoms with van der Waals surface area (Å²) >= 11 is 0. The number of fused-ring (bicyclic) bond motifs is 1. The van der Waals surface area contributed by atoms with E-state index in [0.717, 1.165) is 12.8 Å². The number of rotatable bonds is 2. The number of amides is 1. The first-order chi connectivity index (χ1) is 8.60. The van der Waals surface area contributed by atoms with Crippen LogP contribution < -0.4 is 5.32 Å². The summed E-state index contributed by atoms with van der Waals surface area (Å²) in [7, 11) is 0. The van der Waals surface area contributed by atoms with E-state index in [1.165, 1.54) is 11.1 Å². The van der Waals surface area contributed by atoms with E-state index in [2.05, 4.69) is 30.4 Å². The van der Waals surface area contributed by atoms with Crippen molar-refractivity contribution in [2.45, 2.75) is 38.3 Å². The molecule has 1 heterocycles. The van der Waals surface area contributed by atoms with Crippen molar-refractivity contribution in [3.63, 3.8) is 0 Å². The predicted molar refractivity (Wildman–Crippen MR) is 69.2 cm³/mol. The molecule has 1 fully saturated rings. The lowest BCUT2D eigenvalue weighted by molar-refractivity contribution is -0.126. The fourth-order valence-electron chi connectivity index (χ4n) is 2.67. The van der Waals surface area contributed by atoms with Gasteiger partial charge in [0, 0.05) is 0 Å². The van der Waals surface area contributed by atoms with Gasteiger partial charge in [0.15, 0.2) is 5.60 Å². The number of ether oxygens (including phenoxy) is 1. The van der Waals surface area contributed by atoms with Gasteiger partial charge in [-0.25, -0.2) is 0 Å². The van der Waals surface area contributed by atoms with E-state index in [-0.39, 0.29) is 11.9 Å². The number of nitrogens with one attached hydrogen (secondary N) is 1. The highest BCUT2D eigenvalue weighted by atomic mass is 16.6. The molecule has 0 saturated carbocycles. The fraction of sp³-hybridized carbons (Fsp3) is 0.533. The van der Waals surface area contributed by atoms with Crippen LogP contribution in [0.4, 0.5) is 0 Å². The zero-order chi connectivity index (χ0) is 12.8. The summed E-state index contributed by atoms with van der Waals surface area (Å²) in [6, 6.07) is 8.54. The number of epoxide rings is 1. The molecule has 0 radical (unpaired) electrons. The van der Waals surface area contributed by atoms with Gasteiger partial charge < -0.3 is 10.1 Å². The summed E-state index contributed by atoms with van der Waals surface area (Å²) in [5, 5.41) is 3.16. The molecular formula is C15H19NO2. The molecule has 3 unspecified atom stereocenters. The number of benzene rings is 1. The summed E-state index contributed by atoms with van der Waals surface area (Å²) in [4.78, 5) is 12.1. The minimum Gasteiger partial charge on any atom is -0.359 e. The number of carbonyl (C=O) groups is 1. The third-order valence-electron chi connectivity index (χ3n) is 4.17. The Kier molecular flexibility index (Phi) is 2.67. The van der Waals surface area contributed by atoms with E-state index in [0.29, 0.717) is 12.5 Å². The first kappa shape index (κ1) is 11.7. The summed E-state index contributed by atoms with van der Waals surface area (Å²) in [5.41, 5.74) is 2.06. The van der Waals surface area contributed by atoms with Crippen molar-refractivity contribution in [2.24, 2.45) is 5.92 Å². The van der Waals surface area contributed by atoms with Crippen LogP contribution in [0.5, 0.6) is 0 Å². The monoisotopic (exact) mass is 245 g/mol. The molecule has 3 atom stereocenters. The molecule has 0 spiro atoms. The molecule has 3 rings (SSSR count). The SMILES string of the molecule is CC1CCc2ccccc2C1NC(=O)C1(C)CO1. The van der Waals surface area contributed by atoms with Crippen LogP contribution in [0.2, 0.25) is 0 Å². The molecule has 1 amide bonds. The van der Waals surface area contributed by atoms with Gasteiger partial charge in [0.2, 0.25) is 0 Å². The normalized spacial score (nSPS) is 33.7. The van der Waals surface area contributed by atoms with E-state index >= 15 is 0 Å². The van der Waals surface area contributed by atoms with Crippen LogP contribution in [0, 0.1) is 5.92 Å². The quantitative estimate of drug-likeness (QED) is 0.812. The smallest absolute Gasteiger partial charge is 0.254 e. The van der Waals surface area contributed by atoms with Crippen LogP contribution >= 0.6 is 0 Å². The maximum Gasteiger partial charge on any atom is 0.254 e. The van der Waals surface area contributed by atoms with Crippen molar-refractivity contribution in [1.29, 1.82) is 0 Å². The van der Waals surface area contributed by atoms with Gasteiger partial charge >= 0.3 is 0 Å². The Bertz CT molecular complexity index is 479. The molecule has 1 aromatic rings. The average molecular weight is 245 g/mol. The molecule has 1 aliphatic heterocycles. The number of carbonyl (C=O) groups excluding carboxylic acids is 1. The van der Waals surface area contributed by atoms with E-state index in [1.54, 1.807) is 0 Å². The van der Waals surface area contributed by atoms with Crippen LogP contribution in [0.3, 0.4) is 0 Å². The second-order valence-corrected chi connectivity index (χ2v) is 5.69. The van der Waals surface area contributed by atoms with E-state index in [4.69, 9.17) is 4.74 Å². The standard InChI is InChI=1S/C15H19NO2/c1-10-7-8-11-5-3-4-6-12(11)13(10)16-14(17)15(2)9-18-15/h3-6,10,13H,7-9H2,1-2H3,(H,16,17). The average Bonchev–Trinajstić information content (AvgIpc) is 3.12. The third-order valence-corrected chi connectivity index (χ3v) is 4.17. The highest BCUT2D eigenvalue weighted by Crippen LogP contribution is 2.35. The van der Waals surface area contributed by atoms with E-state index in [9.17, 15) is 4.79 Å². The molecule has 96 valence electrons. The van der Waals surface area contributed by atoms with Crippen molar-refractivity contribution in [1.82, 2.24) is 5.32 Å². The molecule has 1 aromatic carbocycles. The molecule has 0 aromatic heterocycles. The molecule has 3 heteroatoms. The van der Waals surface area contributed by atoms with Crippen molar-refractivity contribution in [3.8, 4) is 0 Å². The van der Waals surface area contributed by atoms with Gasteiger partial charge in [-0.05, 0) is 36.8 Å². The van der Waals surface area contributed by atoms with Crippen LogP contribution in [0.15, 0.2) is 24.3 Å². The Labute approximate surface area is 108 Å². The molecular weight excluding hydrogens is 226 g/mol. The third kappa shape index (κ3) is 1.93. The lowest BCUT2D eigenvalue weighted by Crippen LogP contribution is -2.41. The highest BCUT2D eigenvalue weighted by molar-refractivity contribution is 5.87. The second kappa shape index (κ2) is 4.09. The van der Waals surface area contributed by atoms with Gasteiger partial charge in [0.1, 0.15) is 0 Å². The Morgan fingerprint density at radius 1 is 1.44 bits per heavy atom. The minimum atomic E-state index is -0.577. The maximum absolute atomic E-state index is 12.1. The fourth-order valence-corrected chi connectivity index (χ4v) is 2.67. The van der Waals surface area contributed by atoms with Gasteiger partial charge in [0.05, 0.1) is 12.6 Å². The summed E-state index contributed by atoms with van der Waals surface area (Å²) < 4.78 is 5.21.